The van der Waals surface area contributed by atoms with Crippen molar-refractivity contribution < 1.29 is 9.53 Å². The van der Waals surface area contributed by atoms with Crippen LogP contribution in [0.2, 0.25) is 0 Å². The normalized spacial score (nSPS) is 27.5. The van der Waals surface area contributed by atoms with Crippen molar-refractivity contribution in [3.8, 4) is 17.0 Å². The van der Waals surface area contributed by atoms with E-state index in [1.807, 2.05) is 6.07 Å². The first kappa shape index (κ1) is 20.4. The van der Waals surface area contributed by atoms with Gasteiger partial charge in [-0.15, -0.1) is 11.3 Å². The van der Waals surface area contributed by atoms with E-state index in [-0.39, 0.29) is 5.92 Å². The van der Waals surface area contributed by atoms with Gasteiger partial charge in [-0.05, 0) is 66.8 Å². The number of ether oxygens (including phenoxy) is 1. The number of carbonyl (C=O) groups is 1. The Morgan fingerprint density at radius 1 is 1.25 bits per heavy atom. The summed E-state index contributed by atoms with van der Waals surface area (Å²) >= 11 is 5.26. The molecule has 3 aromatic rings. The minimum atomic E-state index is 0.276. The molecule has 4 unspecified atom stereocenters. The third-order valence-electron chi connectivity index (χ3n) is 7.70. The standard InChI is InChI=1S/C26H25BrN2O2S/c1-15-3-6-24(31-12-17-4-5-22(27)16(2)8-17)18(7-15)23-13-32-25(28-23)29-10-21-19(11-30)20-9-26(20,21)14-29/h3-8,11,13,19-21H,9-10,12,14H2,1-2H3. The van der Waals surface area contributed by atoms with Gasteiger partial charge >= 0.3 is 0 Å². The van der Waals surface area contributed by atoms with Crippen LogP contribution >= 0.6 is 27.3 Å². The smallest absolute Gasteiger partial charge is 0.185 e. The lowest BCUT2D eigenvalue weighted by Gasteiger charge is -2.34. The van der Waals surface area contributed by atoms with Gasteiger partial charge in [0.05, 0.1) is 5.69 Å². The largest absolute Gasteiger partial charge is 0.488 e. The molecule has 6 heteroatoms. The van der Waals surface area contributed by atoms with Crippen LogP contribution in [0.4, 0.5) is 5.13 Å². The molecular weight excluding hydrogens is 484 g/mol. The van der Waals surface area contributed by atoms with E-state index >= 15 is 0 Å². The minimum Gasteiger partial charge on any atom is -0.488 e. The third kappa shape index (κ3) is 3.14. The molecule has 4 nitrogen and oxygen atoms in total. The zero-order valence-electron chi connectivity index (χ0n) is 18.2. The Bertz CT molecular complexity index is 1220. The molecule has 0 amide bonds. The van der Waals surface area contributed by atoms with Gasteiger partial charge in [-0.3, -0.25) is 0 Å². The second-order valence-corrected chi connectivity index (χ2v) is 11.3. The van der Waals surface area contributed by atoms with E-state index in [9.17, 15) is 4.79 Å². The Hall–Kier alpha value is -2.18. The van der Waals surface area contributed by atoms with E-state index < -0.39 is 0 Å². The lowest BCUT2D eigenvalue weighted by Crippen LogP contribution is -2.38. The Morgan fingerprint density at radius 2 is 2.12 bits per heavy atom. The van der Waals surface area contributed by atoms with Crippen LogP contribution in [0, 0.1) is 37.0 Å². The summed E-state index contributed by atoms with van der Waals surface area (Å²) in [4.78, 5) is 18.8. The molecule has 4 atom stereocenters. The van der Waals surface area contributed by atoms with Crippen molar-refractivity contribution in [3.05, 3.63) is 62.9 Å². The highest BCUT2D eigenvalue weighted by Crippen LogP contribution is 2.76. The second-order valence-electron chi connectivity index (χ2n) is 9.63. The summed E-state index contributed by atoms with van der Waals surface area (Å²) in [5.74, 6) is 2.30. The lowest BCUT2D eigenvalue weighted by atomic mass is 9.67. The number of halogens is 1. The van der Waals surface area contributed by atoms with Crippen molar-refractivity contribution in [2.75, 3.05) is 18.0 Å². The summed E-state index contributed by atoms with van der Waals surface area (Å²) in [6, 6.07) is 12.6. The molecule has 1 aliphatic heterocycles. The van der Waals surface area contributed by atoms with Gasteiger partial charge in [0, 0.05) is 34.4 Å². The summed E-state index contributed by atoms with van der Waals surface area (Å²) < 4.78 is 7.36. The number of carbonyl (C=O) groups excluding carboxylic acids is 1. The van der Waals surface area contributed by atoms with Gasteiger partial charge in [0.15, 0.2) is 5.13 Å². The second kappa shape index (κ2) is 7.42. The molecule has 3 aliphatic rings. The molecule has 2 heterocycles. The van der Waals surface area contributed by atoms with Crippen molar-refractivity contribution in [2.24, 2.45) is 23.2 Å². The number of nitrogens with zero attached hydrogens (tertiary/aromatic N) is 2. The molecule has 2 aliphatic carbocycles. The zero-order valence-corrected chi connectivity index (χ0v) is 20.6. The highest BCUT2D eigenvalue weighted by molar-refractivity contribution is 9.10. The predicted molar refractivity (Wildman–Crippen MR) is 131 cm³/mol. The zero-order chi connectivity index (χ0) is 22.0. The van der Waals surface area contributed by atoms with Crippen molar-refractivity contribution in [1.29, 1.82) is 0 Å². The molecular formula is C26H25BrN2O2S. The molecule has 1 spiro atoms. The Morgan fingerprint density at radius 3 is 2.94 bits per heavy atom. The van der Waals surface area contributed by atoms with Gasteiger partial charge in [-0.2, -0.15) is 0 Å². The minimum absolute atomic E-state index is 0.276. The third-order valence-corrected chi connectivity index (χ3v) is 9.49. The molecule has 0 radical (unpaired) electrons. The number of aldehydes is 1. The van der Waals surface area contributed by atoms with Crippen molar-refractivity contribution in [3.63, 3.8) is 0 Å². The SMILES string of the molecule is Cc1ccc(OCc2ccc(Br)c(C)c2)c(-c2csc(N3CC4C(C=O)C5CC45C3)n2)c1. The van der Waals surface area contributed by atoms with Gasteiger partial charge in [-0.25, -0.2) is 4.98 Å². The summed E-state index contributed by atoms with van der Waals surface area (Å²) in [6.07, 6.45) is 2.42. The number of hydrogen-bond donors (Lipinski definition) is 0. The average molecular weight is 509 g/mol. The maximum atomic E-state index is 11.4. The van der Waals surface area contributed by atoms with E-state index in [1.165, 1.54) is 23.8 Å². The average Bonchev–Trinajstić information content (AvgIpc) is 3.06. The van der Waals surface area contributed by atoms with E-state index in [0.717, 1.165) is 45.3 Å². The number of benzene rings is 2. The number of aromatic nitrogens is 1. The quantitative estimate of drug-likeness (QED) is 0.380. The van der Waals surface area contributed by atoms with Gasteiger partial charge in [-0.1, -0.05) is 39.7 Å². The molecule has 32 heavy (non-hydrogen) atoms. The predicted octanol–water partition coefficient (Wildman–Crippen LogP) is 6.04. The van der Waals surface area contributed by atoms with Crippen LogP contribution in [-0.4, -0.2) is 24.4 Å². The van der Waals surface area contributed by atoms with E-state index in [2.05, 4.69) is 70.4 Å². The first-order valence-corrected chi connectivity index (χ1v) is 12.8. The van der Waals surface area contributed by atoms with Crippen LogP contribution in [0.15, 0.2) is 46.3 Å². The molecule has 1 aromatic heterocycles. The fourth-order valence-electron chi connectivity index (χ4n) is 5.90. The molecule has 1 saturated heterocycles. The summed E-state index contributed by atoms with van der Waals surface area (Å²) in [6.45, 7) is 6.73. The van der Waals surface area contributed by atoms with Crippen LogP contribution in [0.25, 0.3) is 11.3 Å². The van der Waals surface area contributed by atoms with Crippen LogP contribution in [-0.2, 0) is 11.4 Å². The Kier molecular flexibility index (Phi) is 4.74. The Balaban J connectivity index is 1.23. The van der Waals surface area contributed by atoms with Gasteiger partial charge < -0.3 is 14.4 Å². The van der Waals surface area contributed by atoms with Crippen molar-refractivity contribution in [2.45, 2.75) is 26.9 Å². The fourth-order valence-corrected chi connectivity index (χ4v) is 6.98. The monoisotopic (exact) mass is 508 g/mol. The van der Waals surface area contributed by atoms with Crippen LogP contribution in [0.3, 0.4) is 0 Å². The molecule has 0 N–H and O–H groups in total. The summed E-state index contributed by atoms with van der Waals surface area (Å²) in [5.41, 5.74) is 5.95. The topological polar surface area (TPSA) is 42.4 Å². The molecule has 2 saturated carbocycles. The van der Waals surface area contributed by atoms with Crippen LogP contribution < -0.4 is 9.64 Å². The van der Waals surface area contributed by atoms with Gasteiger partial charge in [0.2, 0.25) is 0 Å². The van der Waals surface area contributed by atoms with Crippen molar-refractivity contribution >= 4 is 38.7 Å². The first-order valence-electron chi connectivity index (χ1n) is 11.1. The maximum Gasteiger partial charge on any atom is 0.185 e. The first-order chi connectivity index (χ1) is 15.5. The molecule has 2 aromatic carbocycles. The van der Waals surface area contributed by atoms with E-state index in [1.54, 1.807) is 11.3 Å². The fraction of sp³-hybridized carbons (Fsp3) is 0.385. The number of thiazole rings is 1. The summed E-state index contributed by atoms with van der Waals surface area (Å²) in [5, 5.41) is 3.20. The van der Waals surface area contributed by atoms with Crippen LogP contribution in [0.5, 0.6) is 5.75 Å². The number of anilines is 1. The lowest BCUT2D eigenvalue weighted by molar-refractivity contribution is -0.117. The van der Waals surface area contributed by atoms with E-state index in [0.29, 0.717) is 23.9 Å². The number of hydrogen-bond acceptors (Lipinski definition) is 5. The number of rotatable bonds is 6. The molecule has 0 bridgehead atoms. The molecule has 3 fully saturated rings. The van der Waals surface area contributed by atoms with Crippen molar-refractivity contribution in [1.82, 2.24) is 4.98 Å². The highest BCUT2D eigenvalue weighted by Gasteiger charge is 2.76. The summed E-state index contributed by atoms with van der Waals surface area (Å²) in [7, 11) is 0. The van der Waals surface area contributed by atoms with E-state index in [4.69, 9.17) is 9.72 Å². The maximum absolute atomic E-state index is 11.4. The number of aryl methyl sites for hydroxylation is 2. The highest BCUT2D eigenvalue weighted by atomic mass is 79.9. The van der Waals surface area contributed by atoms with Gasteiger partial charge in [0.25, 0.3) is 0 Å². The Labute approximate surface area is 200 Å². The molecule has 164 valence electrons. The van der Waals surface area contributed by atoms with Gasteiger partial charge in [0.1, 0.15) is 18.6 Å². The molecule has 6 rings (SSSR count). The van der Waals surface area contributed by atoms with Crippen LogP contribution in [0.1, 0.15) is 23.1 Å².